The average Bonchev–Trinajstić information content (AvgIpc) is 2.97. The number of allylic oxidation sites excluding steroid dienone is 2. The molecule has 5 heteroatoms. The van der Waals surface area contributed by atoms with Crippen LogP contribution >= 0.6 is 0 Å². The average molecular weight is 355 g/mol. The molecule has 3 heterocycles. The van der Waals surface area contributed by atoms with Crippen molar-refractivity contribution in [2.24, 2.45) is 5.92 Å². The molecule has 1 N–H and O–H groups in total. The summed E-state index contributed by atoms with van der Waals surface area (Å²) in [7, 11) is 3.43. The lowest BCUT2D eigenvalue weighted by atomic mass is 9.98. The Kier molecular flexibility index (Phi) is 5.37. The van der Waals surface area contributed by atoms with Crippen molar-refractivity contribution in [3.63, 3.8) is 0 Å². The summed E-state index contributed by atoms with van der Waals surface area (Å²) < 4.78 is 13.2. The lowest BCUT2D eigenvalue weighted by molar-refractivity contribution is 0.164. The van der Waals surface area contributed by atoms with Gasteiger partial charge >= 0.3 is 0 Å². The number of rotatable bonds is 6. The van der Waals surface area contributed by atoms with E-state index in [0.29, 0.717) is 12.5 Å². The van der Waals surface area contributed by atoms with E-state index >= 15 is 0 Å². The van der Waals surface area contributed by atoms with Crippen molar-refractivity contribution in [3.05, 3.63) is 47.6 Å². The topological polar surface area (TPSA) is 48.3 Å². The number of dihydropyridines is 1. The lowest BCUT2D eigenvalue weighted by Gasteiger charge is -2.26. The fourth-order valence-electron chi connectivity index (χ4n) is 3.44. The Balaban J connectivity index is 2.02. The second-order valence-electron chi connectivity index (χ2n) is 7.31. The molecule has 0 saturated carbocycles. The standard InChI is InChI=1S/C21H29N3O2/c1-13(2)17-8-7-16(21(23-17)26-6)18-9-10-19-20(22-18)14(3)11-24(19)15(4)12-25-5/h7-11,13,15,17,23H,12H2,1-6H3/t15-,17?/m0/s1. The quantitative estimate of drug-likeness (QED) is 0.849. The molecule has 140 valence electrons. The summed E-state index contributed by atoms with van der Waals surface area (Å²) in [5, 5.41) is 3.46. The van der Waals surface area contributed by atoms with Gasteiger partial charge in [0, 0.05) is 19.3 Å². The highest BCUT2D eigenvalue weighted by Crippen LogP contribution is 2.28. The molecule has 1 aliphatic heterocycles. The van der Waals surface area contributed by atoms with E-state index in [-0.39, 0.29) is 12.1 Å². The fourth-order valence-corrected chi connectivity index (χ4v) is 3.44. The number of fused-ring (bicyclic) bond motifs is 1. The maximum absolute atomic E-state index is 5.61. The summed E-state index contributed by atoms with van der Waals surface area (Å²) in [6.45, 7) is 9.31. The molecule has 0 aromatic carbocycles. The number of aryl methyl sites for hydroxylation is 1. The van der Waals surface area contributed by atoms with Crippen LogP contribution in [0, 0.1) is 12.8 Å². The van der Waals surface area contributed by atoms with Crippen molar-refractivity contribution >= 4 is 16.6 Å². The fraction of sp³-hybridized carbons (Fsp3) is 0.476. The minimum absolute atomic E-state index is 0.264. The second-order valence-corrected chi connectivity index (χ2v) is 7.31. The number of methoxy groups -OCH3 is 2. The third-order valence-electron chi connectivity index (χ3n) is 4.95. The maximum Gasteiger partial charge on any atom is 0.196 e. The van der Waals surface area contributed by atoms with Gasteiger partial charge in [-0.3, -0.25) is 0 Å². The Morgan fingerprint density at radius 2 is 2.00 bits per heavy atom. The number of aromatic nitrogens is 2. The molecule has 3 rings (SSSR count). The van der Waals surface area contributed by atoms with Crippen LogP contribution in [0.15, 0.2) is 36.4 Å². The van der Waals surface area contributed by atoms with Crippen molar-refractivity contribution in [1.29, 1.82) is 0 Å². The van der Waals surface area contributed by atoms with Crippen LogP contribution in [0.25, 0.3) is 16.6 Å². The van der Waals surface area contributed by atoms with E-state index in [2.05, 4.69) is 68.1 Å². The third-order valence-corrected chi connectivity index (χ3v) is 4.95. The van der Waals surface area contributed by atoms with Gasteiger partial charge in [0.05, 0.1) is 42.1 Å². The molecule has 0 spiro atoms. The van der Waals surface area contributed by atoms with Crippen LogP contribution < -0.4 is 5.32 Å². The monoisotopic (exact) mass is 355 g/mol. The van der Waals surface area contributed by atoms with Crippen molar-refractivity contribution in [2.75, 3.05) is 20.8 Å². The first-order valence-corrected chi connectivity index (χ1v) is 9.16. The molecule has 0 saturated heterocycles. The molecule has 2 atom stereocenters. The number of pyridine rings is 1. The van der Waals surface area contributed by atoms with Gasteiger partial charge in [0.2, 0.25) is 0 Å². The molecule has 0 radical (unpaired) electrons. The summed E-state index contributed by atoms with van der Waals surface area (Å²) in [5.41, 5.74) is 5.22. The molecule has 26 heavy (non-hydrogen) atoms. The van der Waals surface area contributed by atoms with E-state index in [1.54, 1.807) is 14.2 Å². The first-order valence-electron chi connectivity index (χ1n) is 9.16. The van der Waals surface area contributed by atoms with E-state index in [0.717, 1.165) is 33.7 Å². The van der Waals surface area contributed by atoms with Crippen molar-refractivity contribution in [3.8, 4) is 0 Å². The Morgan fingerprint density at radius 1 is 1.23 bits per heavy atom. The van der Waals surface area contributed by atoms with Crippen molar-refractivity contribution < 1.29 is 9.47 Å². The zero-order valence-corrected chi connectivity index (χ0v) is 16.5. The highest BCUT2D eigenvalue weighted by atomic mass is 16.5. The first-order chi connectivity index (χ1) is 12.5. The van der Waals surface area contributed by atoms with Crippen LogP contribution in [0.3, 0.4) is 0 Å². The SMILES string of the molecule is COC[C@H](C)n1cc(C)c2nc(C3=C(OC)NC(C(C)C)C=C3)ccc21. The lowest BCUT2D eigenvalue weighted by Crippen LogP contribution is -2.34. The van der Waals surface area contributed by atoms with Crippen LogP contribution in [0.2, 0.25) is 0 Å². The molecular formula is C21H29N3O2. The van der Waals surface area contributed by atoms with Gasteiger partial charge in [-0.2, -0.15) is 0 Å². The van der Waals surface area contributed by atoms with Crippen LogP contribution in [0.4, 0.5) is 0 Å². The Morgan fingerprint density at radius 3 is 2.65 bits per heavy atom. The van der Waals surface area contributed by atoms with Gasteiger partial charge in [-0.25, -0.2) is 4.98 Å². The molecule has 2 aromatic heterocycles. The number of hydrogen-bond donors (Lipinski definition) is 1. The Labute approximate surface area is 155 Å². The van der Waals surface area contributed by atoms with Gasteiger partial charge < -0.3 is 19.4 Å². The second kappa shape index (κ2) is 7.54. The summed E-state index contributed by atoms with van der Waals surface area (Å²) in [4.78, 5) is 4.94. The van der Waals surface area contributed by atoms with Crippen LogP contribution in [-0.2, 0) is 9.47 Å². The van der Waals surface area contributed by atoms with E-state index < -0.39 is 0 Å². The number of ether oxygens (including phenoxy) is 2. The van der Waals surface area contributed by atoms with Crippen molar-refractivity contribution in [2.45, 2.75) is 39.8 Å². The summed E-state index contributed by atoms with van der Waals surface area (Å²) in [5.74, 6) is 1.27. The first kappa shape index (κ1) is 18.5. The number of nitrogens with zero attached hydrogens (tertiary/aromatic N) is 2. The van der Waals surface area contributed by atoms with Crippen molar-refractivity contribution in [1.82, 2.24) is 14.9 Å². The summed E-state index contributed by atoms with van der Waals surface area (Å²) >= 11 is 0. The summed E-state index contributed by atoms with van der Waals surface area (Å²) in [6, 6.07) is 4.74. The van der Waals surface area contributed by atoms with Crippen LogP contribution in [0.1, 0.15) is 38.1 Å². The smallest absolute Gasteiger partial charge is 0.196 e. The predicted octanol–water partition coefficient (Wildman–Crippen LogP) is 4.05. The maximum atomic E-state index is 5.61. The van der Waals surface area contributed by atoms with Gasteiger partial charge in [0.1, 0.15) is 0 Å². The highest BCUT2D eigenvalue weighted by Gasteiger charge is 2.21. The van der Waals surface area contributed by atoms with Gasteiger partial charge in [0.15, 0.2) is 5.88 Å². The van der Waals surface area contributed by atoms with E-state index in [4.69, 9.17) is 14.5 Å². The van der Waals surface area contributed by atoms with Gasteiger partial charge in [-0.15, -0.1) is 0 Å². The minimum atomic E-state index is 0.264. The van der Waals surface area contributed by atoms with Gasteiger partial charge in [-0.05, 0) is 43.5 Å². The van der Waals surface area contributed by atoms with E-state index in [9.17, 15) is 0 Å². The zero-order valence-electron chi connectivity index (χ0n) is 16.5. The molecule has 2 aromatic rings. The van der Waals surface area contributed by atoms with Crippen LogP contribution in [0.5, 0.6) is 0 Å². The van der Waals surface area contributed by atoms with Gasteiger partial charge in [-0.1, -0.05) is 19.9 Å². The molecule has 0 fully saturated rings. The number of hydrogen-bond acceptors (Lipinski definition) is 4. The normalized spacial score (nSPS) is 18.5. The minimum Gasteiger partial charge on any atom is -0.482 e. The highest BCUT2D eigenvalue weighted by molar-refractivity contribution is 5.84. The molecule has 0 aliphatic carbocycles. The Bertz CT molecular complexity index is 848. The van der Waals surface area contributed by atoms with E-state index in [1.807, 2.05) is 0 Å². The molecular weight excluding hydrogens is 326 g/mol. The third kappa shape index (κ3) is 3.36. The van der Waals surface area contributed by atoms with E-state index in [1.165, 1.54) is 0 Å². The molecule has 0 bridgehead atoms. The zero-order chi connectivity index (χ0) is 18.8. The largest absolute Gasteiger partial charge is 0.482 e. The van der Waals surface area contributed by atoms with Crippen LogP contribution in [-0.4, -0.2) is 36.4 Å². The molecule has 5 nitrogen and oxygen atoms in total. The summed E-state index contributed by atoms with van der Waals surface area (Å²) in [6.07, 6.45) is 6.46. The molecule has 1 unspecified atom stereocenters. The Hall–Kier alpha value is -2.27. The molecule has 1 aliphatic rings. The van der Waals surface area contributed by atoms with Gasteiger partial charge in [0.25, 0.3) is 0 Å². The molecule has 0 amide bonds. The predicted molar refractivity (Wildman–Crippen MR) is 106 cm³/mol. The number of nitrogens with one attached hydrogen (secondary N) is 1.